The van der Waals surface area contributed by atoms with Crippen LogP contribution in [-0.2, 0) is 4.79 Å². The first-order chi connectivity index (χ1) is 9.99. The molecule has 106 valence electrons. The molecule has 0 aliphatic carbocycles. The lowest BCUT2D eigenvalue weighted by atomic mass is 10.1. The monoisotopic (exact) mass is 383 g/mol. The predicted octanol–water partition coefficient (Wildman–Crippen LogP) is 3.58. The summed E-state index contributed by atoms with van der Waals surface area (Å²) in [6.07, 6.45) is 0. The Bertz CT molecular complexity index is 786. The minimum atomic E-state index is -0.687. The molecule has 0 saturated carbocycles. The van der Waals surface area contributed by atoms with Crippen molar-refractivity contribution in [2.45, 2.75) is 0 Å². The fourth-order valence-electron chi connectivity index (χ4n) is 2.15. The average Bonchev–Trinajstić information content (AvgIpc) is 2.98. The Labute approximate surface area is 137 Å². The van der Waals surface area contributed by atoms with E-state index in [4.69, 9.17) is 11.6 Å². The highest BCUT2D eigenvalue weighted by molar-refractivity contribution is 9.10. The molecule has 0 N–H and O–H groups in total. The van der Waals surface area contributed by atoms with E-state index in [1.54, 1.807) is 30.3 Å². The van der Waals surface area contributed by atoms with Crippen molar-refractivity contribution in [1.82, 2.24) is 0 Å². The van der Waals surface area contributed by atoms with Crippen molar-refractivity contribution < 1.29 is 14.4 Å². The Morgan fingerprint density at radius 1 is 1.24 bits per heavy atom. The topological polar surface area (TPSA) is 54.5 Å². The van der Waals surface area contributed by atoms with Gasteiger partial charge in [-0.05, 0) is 40.2 Å². The van der Waals surface area contributed by atoms with Crippen molar-refractivity contribution in [1.29, 1.82) is 0 Å². The molecule has 0 spiro atoms. The molecule has 1 aliphatic rings. The molecular formula is C14H7BrClNO3S. The van der Waals surface area contributed by atoms with E-state index >= 15 is 0 Å². The van der Waals surface area contributed by atoms with Crippen molar-refractivity contribution in [2.24, 2.45) is 0 Å². The van der Waals surface area contributed by atoms with Gasteiger partial charge in [-0.15, -0.1) is 11.3 Å². The quantitative estimate of drug-likeness (QED) is 0.600. The van der Waals surface area contributed by atoms with Gasteiger partial charge in [-0.2, -0.15) is 0 Å². The van der Waals surface area contributed by atoms with Crippen LogP contribution >= 0.6 is 38.9 Å². The molecule has 1 aromatic heterocycles. The Kier molecular flexibility index (Phi) is 3.69. The first kappa shape index (κ1) is 14.4. The van der Waals surface area contributed by atoms with E-state index in [-0.39, 0.29) is 12.3 Å². The van der Waals surface area contributed by atoms with Gasteiger partial charge >= 0.3 is 0 Å². The molecule has 0 saturated heterocycles. The maximum atomic E-state index is 12.2. The van der Waals surface area contributed by atoms with Gasteiger partial charge < -0.3 is 0 Å². The Hall–Kier alpha value is -1.50. The van der Waals surface area contributed by atoms with E-state index in [1.807, 2.05) is 0 Å². The predicted molar refractivity (Wildman–Crippen MR) is 84.5 cm³/mol. The largest absolute Gasteiger partial charge is 0.299 e. The Morgan fingerprint density at radius 2 is 2.00 bits per heavy atom. The number of hydrogen-bond donors (Lipinski definition) is 0. The molecule has 21 heavy (non-hydrogen) atoms. The second-order valence-electron chi connectivity index (χ2n) is 4.38. The zero-order valence-corrected chi connectivity index (χ0v) is 13.6. The highest BCUT2D eigenvalue weighted by Gasteiger charge is 2.38. The van der Waals surface area contributed by atoms with Crippen LogP contribution in [0.2, 0.25) is 4.34 Å². The number of carbonyl (C=O) groups excluding carboxylic acids is 3. The molecule has 0 bridgehead atoms. The number of nitrogens with zero attached hydrogens (tertiary/aromatic N) is 1. The van der Waals surface area contributed by atoms with Crippen LogP contribution in [0, 0.1) is 0 Å². The first-order valence-electron chi connectivity index (χ1n) is 5.92. The molecule has 0 unspecified atom stereocenters. The summed E-state index contributed by atoms with van der Waals surface area (Å²) in [5.41, 5.74) is 0.759. The summed E-state index contributed by atoms with van der Waals surface area (Å²) in [6, 6.07) is 8.22. The SMILES string of the molecule is O=C(CN1C(=O)C(=O)c2cccc(Br)c21)c1ccc(Cl)s1. The van der Waals surface area contributed by atoms with Gasteiger partial charge in [0.25, 0.3) is 11.7 Å². The lowest BCUT2D eigenvalue weighted by Crippen LogP contribution is -2.34. The molecule has 2 aromatic rings. The van der Waals surface area contributed by atoms with Crippen molar-refractivity contribution >= 4 is 62.0 Å². The zero-order chi connectivity index (χ0) is 15.1. The number of anilines is 1. The van der Waals surface area contributed by atoms with Gasteiger partial charge in [0.2, 0.25) is 0 Å². The van der Waals surface area contributed by atoms with Crippen molar-refractivity contribution in [3.63, 3.8) is 0 Å². The summed E-state index contributed by atoms with van der Waals surface area (Å²) in [6.45, 7) is -0.184. The summed E-state index contributed by atoms with van der Waals surface area (Å²) in [4.78, 5) is 37.9. The highest BCUT2D eigenvalue weighted by Crippen LogP contribution is 2.36. The minimum absolute atomic E-state index is 0.184. The van der Waals surface area contributed by atoms with Gasteiger partial charge in [0.1, 0.15) is 0 Å². The van der Waals surface area contributed by atoms with Crippen LogP contribution in [0.25, 0.3) is 0 Å². The maximum absolute atomic E-state index is 12.2. The number of benzene rings is 1. The summed E-state index contributed by atoms with van der Waals surface area (Å²) >= 11 is 10.3. The number of halogens is 2. The zero-order valence-electron chi connectivity index (χ0n) is 10.4. The van der Waals surface area contributed by atoms with E-state index in [9.17, 15) is 14.4 Å². The fourth-order valence-corrected chi connectivity index (χ4v) is 3.70. The van der Waals surface area contributed by atoms with E-state index in [1.165, 1.54) is 4.90 Å². The molecule has 2 heterocycles. The maximum Gasteiger partial charge on any atom is 0.299 e. The summed E-state index contributed by atoms with van der Waals surface area (Å²) in [5, 5.41) is 0. The molecule has 0 fully saturated rings. The summed E-state index contributed by atoms with van der Waals surface area (Å²) < 4.78 is 1.11. The second kappa shape index (κ2) is 5.36. The minimum Gasteiger partial charge on any atom is -0.296 e. The van der Waals surface area contributed by atoms with Gasteiger partial charge in [0, 0.05) is 4.47 Å². The number of para-hydroxylation sites is 1. The Morgan fingerprint density at radius 3 is 2.67 bits per heavy atom. The highest BCUT2D eigenvalue weighted by atomic mass is 79.9. The summed E-state index contributed by atoms with van der Waals surface area (Å²) in [7, 11) is 0. The number of ketones is 2. The van der Waals surface area contributed by atoms with Crippen LogP contribution in [0.4, 0.5) is 5.69 Å². The van der Waals surface area contributed by atoms with E-state index in [0.29, 0.717) is 24.9 Å². The van der Waals surface area contributed by atoms with Crippen LogP contribution < -0.4 is 4.90 Å². The van der Waals surface area contributed by atoms with Crippen LogP contribution in [0.5, 0.6) is 0 Å². The van der Waals surface area contributed by atoms with E-state index in [2.05, 4.69) is 15.9 Å². The van der Waals surface area contributed by atoms with Gasteiger partial charge in [-0.3, -0.25) is 19.3 Å². The van der Waals surface area contributed by atoms with Crippen molar-refractivity contribution in [2.75, 3.05) is 11.4 Å². The van der Waals surface area contributed by atoms with E-state index < -0.39 is 11.7 Å². The lowest BCUT2D eigenvalue weighted by Gasteiger charge is -2.16. The van der Waals surface area contributed by atoms with E-state index in [0.717, 1.165) is 11.3 Å². The molecular weight excluding hydrogens is 378 g/mol. The van der Waals surface area contributed by atoms with Crippen LogP contribution in [0.1, 0.15) is 20.0 Å². The number of thiophene rings is 1. The second-order valence-corrected chi connectivity index (χ2v) is 6.95. The third kappa shape index (κ3) is 2.43. The standard InChI is InChI=1S/C14H7BrClNO3S/c15-8-3-1-2-7-12(8)17(14(20)13(7)19)6-9(18)10-4-5-11(16)21-10/h1-5H,6H2. The Balaban J connectivity index is 1.95. The number of amides is 1. The third-order valence-electron chi connectivity index (χ3n) is 3.09. The van der Waals surface area contributed by atoms with Gasteiger partial charge in [-0.1, -0.05) is 17.7 Å². The smallest absolute Gasteiger partial charge is 0.296 e. The number of fused-ring (bicyclic) bond motifs is 1. The number of carbonyl (C=O) groups is 3. The molecule has 7 heteroatoms. The molecule has 1 aliphatic heterocycles. The third-order valence-corrected chi connectivity index (χ3v) is 5.00. The van der Waals surface area contributed by atoms with Crippen LogP contribution in [0.15, 0.2) is 34.8 Å². The van der Waals surface area contributed by atoms with Crippen molar-refractivity contribution in [3.8, 4) is 0 Å². The van der Waals surface area contributed by atoms with Crippen molar-refractivity contribution in [3.05, 3.63) is 49.6 Å². The molecule has 1 amide bonds. The van der Waals surface area contributed by atoms with Gasteiger partial charge in [0.05, 0.1) is 27.0 Å². The fraction of sp³-hybridized carbons (Fsp3) is 0.0714. The lowest BCUT2D eigenvalue weighted by molar-refractivity contribution is -0.114. The molecule has 3 rings (SSSR count). The number of Topliss-reactive ketones (excluding diaryl/α,β-unsaturated/α-hetero) is 2. The number of hydrogen-bond acceptors (Lipinski definition) is 4. The average molecular weight is 385 g/mol. The van der Waals surface area contributed by atoms with Gasteiger partial charge in [0.15, 0.2) is 5.78 Å². The van der Waals surface area contributed by atoms with Crippen LogP contribution in [0.3, 0.4) is 0 Å². The molecule has 4 nitrogen and oxygen atoms in total. The van der Waals surface area contributed by atoms with Crippen LogP contribution in [-0.4, -0.2) is 24.0 Å². The molecule has 0 atom stereocenters. The summed E-state index contributed by atoms with van der Waals surface area (Å²) in [5.74, 6) is -1.53. The van der Waals surface area contributed by atoms with Gasteiger partial charge in [-0.25, -0.2) is 0 Å². The number of rotatable bonds is 3. The normalized spacial score (nSPS) is 13.7. The first-order valence-corrected chi connectivity index (χ1v) is 7.91. The molecule has 1 aromatic carbocycles. The molecule has 0 radical (unpaired) electrons.